The van der Waals surface area contributed by atoms with Gasteiger partial charge in [-0.25, -0.2) is 0 Å². The SMILES string of the molecule is CCC(O)CCNC(=O)C(C)N1CCCCCC1. The largest absolute Gasteiger partial charge is 0.393 e. The van der Waals surface area contributed by atoms with Gasteiger partial charge in [-0.15, -0.1) is 0 Å². The Kier molecular flexibility index (Phi) is 7.28. The zero-order valence-corrected chi connectivity index (χ0v) is 11.8. The molecule has 0 aromatic heterocycles. The predicted octanol–water partition coefficient (Wildman–Crippen LogP) is 1.53. The fourth-order valence-corrected chi connectivity index (χ4v) is 2.36. The van der Waals surface area contributed by atoms with Gasteiger partial charge in [-0.1, -0.05) is 19.8 Å². The summed E-state index contributed by atoms with van der Waals surface area (Å²) in [7, 11) is 0. The van der Waals surface area contributed by atoms with E-state index in [1.165, 1.54) is 25.7 Å². The van der Waals surface area contributed by atoms with E-state index in [2.05, 4.69) is 10.2 Å². The molecule has 106 valence electrons. The lowest BCUT2D eigenvalue weighted by atomic mass is 10.2. The van der Waals surface area contributed by atoms with Crippen LogP contribution in [0.15, 0.2) is 0 Å². The maximum Gasteiger partial charge on any atom is 0.237 e. The van der Waals surface area contributed by atoms with E-state index in [0.717, 1.165) is 19.5 Å². The first-order chi connectivity index (χ1) is 8.65. The number of nitrogens with zero attached hydrogens (tertiary/aromatic N) is 1. The molecular weight excluding hydrogens is 228 g/mol. The summed E-state index contributed by atoms with van der Waals surface area (Å²) in [4.78, 5) is 14.3. The Morgan fingerprint density at radius 2 is 1.89 bits per heavy atom. The van der Waals surface area contributed by atoms with Crippen LogP contribution in [0.1, 0.15) is 52.4 Å². The van der Waals surface area contributed by atoms with Crippen molar-refractivity contribution in [1.82, 2.24) is 10.2 Å². The van der Waals surface area contributed by atoms with Crippen molar-refractivity contribution < 1.29 is 9.90 Å². The van der Waals surface area contributed by atoms with Crippen molar-refractivity contribution in [3.8, 4) is 0 Å². The molecule has 1 rings (SSSR count). The van der Waals surface area contributed by atoms with Gasteiger partial charge in [0, 0.05) is 6.54 Å². The fraction of sp³-hybridized carbons (Fsp3) is 0.929. The van der Waals surface area contributed by atoms with Crippen molar-refractivity contribution in [1.29, 1.82) is 0 Å². The lowest BCUT2D eigenvalue weighted by Gasteiger charge is -2.26. The van der Waals surface area contributed by atoms with Crippen molar-refractivity contribution in [2.24, 2.45) is 0 Å². The molecule has 0 bridgehead atoms. The summed E-state index contributed by atoms with van der Waals surface area (Å²) < 4.78 is 0. The van der Waals surface area contributed by atoms with Gasteiger partial charge in [0.15, 0.2) is 0 Å². The molecule has 0 aliphatic carbocycles. The molecular formula is C14H28N2O2. The molecule has 0 aromatic carbocycles. The highest BCUT2D eigenvalue weighted by atomic mass is 16.3. The smallest absolute Gasteiger partial charge is 0.237 e. The lowest BCUT2D eigenvalue weighted by Crippen LogP contribution is -2.46. The van der Waals surface area contributed by atoms with Crippen molar-refractivity contribution in [2.75, 3.05) is 19.6 Å². The molecule has 0 aromatic rings. The van der Waals surface area contributed by atoms with Crippen LogP contribution in [0.5, 0.6) is 0 Å². The first kappa shape index (κ1) is 15.4. The third-order valence-corrected chi connectivity index (χ3v) is 3.82. The molecule has 1 saturated heterocycles. The van der Waals surface area contributed by atoms with Gasteiger partial charge < -0.3 is 10.4 Å². The molecule has 2 atom stereocenters. The number of rotatable bonds is 6. The number of carbonyl (C=O) groups is 1. The molecule has 0 radical (unpaired) electrons. The Morgan fingerprint density at radius 1 is 1.28 bits per heavy atom. The minimum atomic E-state index is -0.293. The van der Waals surface area contributed by atoms with Crippen LogP contribution < -0.4 is 5.32 Å². The maximum absolute atomic E-state index is 12.0. The van der Waals surface area contributed by atoms with Crippen molar-refractivity contribution >= 4 is 5.91 Å². The quantitative estimate of drug-likeness (QED) is 0.758. The van der Waals surface area contributed by atoms with Gasteiger partial charge in [-0.05, 0) is 45.7 Å². The van der Waals surface area contributed by atoms with Gasteiger partial charge in [0.1, 0.15) is 0 Å². The summed E-state index contributed by atoms with van der Waals surface area (Å²) in [5.41, 5.74) is 0. The number of likely N-dealkylation sites (tertiary alicyclic amines) is 1. The Bertz CT molecular complexity index is 238. The van der Waals surface area contributed by atoms with Crippen LogP contribution in [0.4, 0.5) is 0 Å². The number of aliphatic hydroxyl groups is 1. The van der Waals surface area contributed by atoms with Crippen LogP contribution in [0.2, 0.25) is 0 Å². The van der Waals surface area contributed by atoms with E-state index in [4.69, 9.17) is 0 Å². The average Bonchev–Trinajstić information content (AvgIpc) is 2.66. The lowest BCUT2D eigenvalue weighted by molar-refractivity contribution is -0.125. The molecule has 2 N–H and O–H groups in total. The van der Waals surface area contributed by atoms with Gasteiger partial charge in [0.25, 0.3) is 0 Å². The highest BCUT2D eigenvalue weighted by Crippen LogP contribution is 2.12. The van der Waals surface area contributed by atoms with E-state index in [1.54, 1.807) is 0 Å². The van der Waals surface area contributed by atoms with Crippen molar-refractivity contribution in [3.63, 3.8) is 0 Å². The maximum atomic E-state index is 12.0. The first-order valence-electron chi connectivity index (χ1n) is 7.35. The van der Waals surface area contributed by atoms with Crippen molar-refractivity contribution in [2.45, 2.75) is 64.5 Å². The number of hydrogen-bond acceptors (Lipinski definition) is 3. The highest BCUT2D eigenvalue weighted by Gasteiger charge is 2.21. The van der Waals surface area contributed by atoms with Crippen LogP contribution in [0, 0.1) is 0 Å². The minimum absolute atomic E-state index is 0.0399. The van der Waals surface area contributed by atoms with Crippen LogP contribution in [0.3, 0.4) is 0 Å². The van der Waals surface area contributed by atoms with Gasteiger partial charge in [0.2, 0.25) is 5.91 Å². The fourth-order valence-electron chi connectivity index (χ4n) is 2.36. The van der Waals surface area contributed by atoms with Gasteiger partial charge in [0.05, 0.1) is 12.1 Å². The zero-order chi connectivity index (χ0) is 13.4. The molecule has 18 heavy (non-hydrogen) atoms. The number of hydrogen-bond donors (Lipinski definition) is 2. The third kappa shape index (κ3) is 5.36. The third-order valence-electron chi connectivity index (χ3n) is 3.82. The molecule has 1 aliphatic rings. The monoisotopic (exact) mass is 256 g/mol. The van der Waals surface area contributed by atoms with Crippen LogP contribution >= 0.6 is 0 Å². The summed E-state index contributed by atoms with van der Waals surface area (Å²) in [5.74, 6) is 0.0974. The summed E-state index contributed by atoms with van der Waals surface area (Å²) in [6.45, 7) is 6.58. The molecule has 0 spiro atoms. The second-order valence-electron chi connectivity index (χ2n) is 5.27. The van der Waals surface area contributed by atoms with E-state index in [-0.39, 0.29) is 18.1 Å². The second-order valence-corrected chi connectivity index (χ2v) is 5.27. The zero-order valence-electron chi connectivity index (χ0n) is 11.8. The Labute approximate surface area is 111 Å². The first-order valence-corrected chi connectivity index (χ1v) is 7.35. The summed E-state index contributed by atoms with van der Waals surface area (Å²) in [6, 6.07) is -0.0399. The molecule has 4 nitrogen and oxygen atoms in total. The van der Waals surface area contributed by atoms with E-state index < -0.39 is 0 Å². The molecule has 2 unspecified atom stereocenters. The Morgan fingerprint density at radius 3 is 2.44 bits per heavy atom. The highest BCUT2D eigenvalue weighted by molar-refractivity contribution is 5.81. The van der Waals surface area contributed by atoms with Gasteiger partial charge in [-0.2, -0.15) is 0 Å². The molecule has 0 saturated carbocycles. The Balaban J connectivity index is 2.26. The van der Waals surface area contributed by atoms with E-state index in [9.17, 15) is 9.90 Å². The number of nitrogens with one attached hydrogen (secondary N) is 1. The van der Waals surface area contributed by atoms with Gasteiger partial charge in [-0.3, -0.25) is 9.69 Å². The average molecular weight is 256 g/mol. The molecule has 1 amide bonds. The summed E-state index contributed by atoms with van der Waals surface area (Å²) in [6.07, 6.45) is 6.07. The number of carbonyl (C=O) groups excluding carboxylic acids is 1. The van der Waals surface area contributed by atoms with E-state index >= 15 is 0 Å². The number of aliphatic hydroxyl groups excluding tert-OH is 1. The van der Waals surface area contributed by atoms with Crippen LogP contribution in [0.25, 0.3) is 0 Å². The van der Waals surface area contributed by atoms with Crippen molar-refractivity contribution in [3.05, 3.63) is 0 Å². The van der Waals surface area contributed by atoms with Gasteiger partial charge >= 0.3 is 0 Å². The van der Waals surface area contributed by atoms with E-state index in [0.29, 0.717) is 13.0 Å². The van der Waals surface area contributed by atoms with E-state index in [1.807, 2.05) is 13.8 Å². The van der Waals surface area contributed by atoms with Crippen LogP contribution in [-0.4, -0.2) is 47.7 Å². The Hall–Kier alpha value is -0.610. The molecule has 1 aliphatic heterocycles. The summed E-state index contributed by atoms with van der Waals surface area (Å²) >= 11 is 0. The summed E-state index contributed by atoms with van der Waals surface area (Å²) in [5, 5.41) is 12.4. The predicted molar refractivity (Wildman–Crippen MR) is 73.4 cm³/mol. The molecule has 4 heteroatoms. The normalized spacial score (nSPS) is 21.1. The standard InChI is InChI=1S/C14H28N2O2/c1-3-13(17)8-9-15-14(18)12(2)16-10-6-4-5-7-11-16/h12-13,17H,3-11H2,1-2H3,(H,15,18). The molecule has 1 heterocycles. The number of amides is 1. The second kappa shape index (κ2) is 8.48. The topological polar surface area (TPSA) is 52.6 Å². The molecule has 1 fully saturated rings. The minimum Gasteiger partial charge on any atom is -0.393 e. The van der Waals surface area contributed by atoms with Crippen LogP contribution in [-0.2, 0) is 4.79 Å².